The van der Waals surface area contributed by atoms with Crippen molar-refractivity contribution < 1.29 is 14.2 Å². The van der Waals surface area contributed by atoms with Crippen LogP contribution in [0, 0.1) is 5.92 Å². The van der Waals surface area contributed by atoms with E-state index in [1.54, 1.807) is 0 Å². The smallest absolute Gasteiger partial charge is 0.104 e. The lowest BCUT2D eigenvalue weighted by atomic mass is 9.89. The van der Waals surface area contributed by atoms with E-state index in [-0.39, 0.29) is 0 Å². The van der Waals surface area contributed by atoms with Crippen molar-refractivity contribution in [2.45, 2.75) is 44.2 Å². The zero-order chi connectivity index (χ0) is 8.84. The fourth-order valence-electron chi connectivity index (χ4n) is 2.41. The van der Waals surface area contributed by atoms with Crippen molar-refractivity contribution in [1.29, 1.82) is 0 Å². The highest BCUT2D eigenvalue weighted by Gasteiger charge is 2.46. The second-order valence-corrected chi connectivity index (χ2v) is 4.49. The van der Waals surface area contributed by atoms with Crippen molar-refractivity contribution in [1.82, 2.24) is 0 Å². The van der Waals surface area contributed by atoms with Crippen LogP contribution in [0.1, 0.15) is 19.8 Å². The fourth-order valence-corrected chi connectivity index (χ4v) is 2.41. The molecule has 3 rings (SSSR count). The number of fused-ring (bicyclic) bond motifs is 2. The molecule has 5 unspecified atom stereocenters. The molecule has 0 aromatic heterocycles. The maximum Gasteiger partial charge on any atom is 0.104 e. The molecule has 3 aliphatic heterocycles. The first-order valence-corrected chi connectivity index (χ1v) is 5.21. The summed E-state index contributed by atoms with van der Waals surface area (Å²) in [7, 11) is 0. The Morgan fingerprint density at radius 1 is 1.31 bits per heavy atom. The second-order valence-electron chi connectivity index (χ2n) is 4.49. The highest BCUT2D eigenvalue weighted by atomic mass is 16.6. The monoisotopic (exact) mass is 184 g/mol. The highest BCUT2D eigenvalue weighted by Crippen LogP contribution is 2.40. The Morgan fingerprint density at radius 3 is 2.69 bits per heavy atom. The molecule has 0 aromatic rings. The number of hydrogen-bond donors (Lipinski definition) is 0. The third-order valence-corrected chi connectivity index (χ3v) is 3.37. The normalized spacial score (nSPS) is 52.8. The summed E-state index contributed by atoms with van der Waals surface area (Å²) in [6.45, 7) is 3.93. The molecule has 3 fully saturated rings. The summed E-state index contributed by atoms with van der Waals surface area (Å²) in [5.74, 6) is 0.738. The Labute approximate surface area is 78.3 Å². The molecular formula is C10H16O3. The SMILES string of the molecule is CC1CC2OC1CC2OCC1CO1. The van der Waals surface area contributed by atoms with Gasteiger partial charge < -0.3 is 14.2 Å². The van der Waals surface area contributed by atoms with E-state index in [2.05, 4.69) is 6.92 Å². The summed E-state index contributed by atoms with van der Waals surface area (Å²) >= 11 is 0. The Hall–Kier alpha value is -0.120. The molecule has 0 amide bonds. The topological polar surface area (TPSA) is 31.0 Å². The zero-order valence-corrected chi connectivity index (χ0v) is 7.94. The molecule has 2 bridgehead atoms. The van der Waals surface area contributed by atoms with Gasteiger partial charge in [0.2, 0.25) is 0 Å². The standard InChI is InChI=1S/C10H16O3/c1-6-2-10-9(3-8(6)13-10)12-5-7-4-11-7/h6-10H,2-5H2,1H3. The van der Waals surface area contributed by atoms with Gasteiger partial charge in [-0.15, -0.1) is 0 Å². The van der Waals surface area contributed by atoms with E-state index in [0.717, 1.165) is 25.6 Å². The second kappa shape index (κ2) is 2.94. The van der Waals surface area contributed by atoms with Gasteiger partial charge in [-0.3, -0.25) is 0 Å². The van der Waals surface area contributed by atoms with E-state index in [1.807, 2.05) is 0 Å². The molecule has 3 heterocycles. The zero-order valence-electron chi connectivity index (χ0n) is 7.94. The molecule has 13 heavy (non-hydrogen) atoms. The predicted molar refractivity (Wildman–Crippen MR) is 46.5 cm³/mol. The maximum atomic E-state index is 5.78. The van der Waals surface area contributed by atoms with E-state index in [4.69, 9.17) is 14.2 Å². The Balaban J connectivity index is 1.51. The van der Waals surface area contributed by atoms with Crippen LogP contribution in [0.15, 0.2) is 0 Å². The molecule has 0 aromatic carbocycles. The Morgan fingerprint density at radius 2 is 2.15 bits per heavy atom. The van der Waals surface area contributed by atoms with Crippen molar-refractivity contribution in [3.8, 4) is 0 Å². The first-order valence-electron chi connectivity index (χ1n) is 5.21. The summed E-state index contributed by atoms with van der Waals surface area (Å²) in [5.41, 5.74) is 0. The summed E-state index contributed by atoms with van der Waals surface area (Å²) < 4.78 is 16.6. The van der Waals surface area contributed by atoms with Crippen molar-refractivity contribution >= 4 is 0 Å². The van der Waals surface area contributed by atoms with E-state index < -0.39 is 0 Å². The van der Waals surface area contributed by atoms with Gasteiger partial charge in [0.05, 0.1) is 31.5 Å². The lowest BCUT2D eigenvalue weighted by molar-refractivity contribution is -0.00661. The number of hydrogen-bond acceptors (Lipinski definition) is 3. The quantitative estimate of drug-likeness (QED) is 0.612. The molecule has 0 aliphatic carbocycles. The van der Waals surface area contributed by atoms with Crippen molar-refractivity contribution in [3.63, 3.8) is 0 Å². The van der Waals surface area contributed by atoms with Gasteiger partial charge >= 0.3 is 0 Å². The van der Waals surface area contributed by atoms with Crippen LogP contribution < -0.4 is 0 Å². The van der Waals surface area contributed by atoms with Gasteiger partial charge in [-0.1, -0.05) is 6.92 Å². The lowest BCUT2D eigenvalue weighted by Crippen LogP contribution is -2.29. The third-order valence-electron chi connectivity index (χ3n) is 3.37. The lowest BCUT2D eigenvalue weighted by Gasteiger charge is -2.21. The highest BCUT2D eigenvalue weighted by molar-refractivity contribution is 4.94. The van der Waals surface area contributed by atoms with Crippen LogP contribution in [0.5, 0.6) is 0 Å². The third kappa shape index (κ3) is 1.49. The molecule has 0 N–H and O–H groups in total. The maximum absolute atomic E-state index is 5.78. The minimum atomic E-state index is 0.352. The Kier molecular flexibility index (Phi) is 1.86. The molecule has 3 saturated heterocycles. The molecule has 0 radical (unpaired) electrons. The molecule has 5 atom stereocenters. The van der Waals surface area contributed by atoms with Crippen molar-refractivity contribution in [3.05, 3.63) is 0 Å². The summed E-state index contributed by atoms with van der Waals surface area (Å²) in [4.78, 5) is 0. The first kappa shape index (κ1) is 8.21. The van der Waals surface area contributed by atoms with E-state index >= 15 is 0 Å². The van der Waals surface area contributed by atoms with Gasteiger partial charge in [-0.2, -0.15) is 0 Å². The minimum absolute atomic E-state index is 0.352. The molecule has 3 heteroatoms. The largest absolute Gasteiger partial charge is 0.373 e. The Bertz CT molecular complexity index is 200. The molecule has 74 valence electrons. The molecule has 3 nitrogen and oxygen atoms in total. The molecule has 3 aliphatic rings. The molecule has 0 saturated carbocycles. The minimum Gasteiger partial charge on any atom is -0.373 e. The molecule has 0 spiro atoms. The molecular weight excluding hydrogens is 168 g/mol. The van der Waals surface area contributed by atoms with E-state index in [9.17, 15) is 0 Å². The van der Waals surface area contributed by atoms with Crippen LogP contribution in [0.2, 0.25) is 0 Å². The van der Waals surface area contributed by atoms with Gasteiger partial charge in [-0.25, -0.2) is 0 Å². The van der Waals surface area contributed by atoms with Crippen LogP contribution in [-0.4, -0.2) is 37.6 Å². The number of ether oxygens (including phenoxy) is 3. The van der Waals surface area contributed by atoms with Gasteiger partial charge in [0.25, 0.3) is 0 Å². The van der Waals surface area contributed by atoms with Crippen LogP contribution in [0.25, 0.3) is 0 Å². The van der Waals surface area contributed by atoms with Crippen molar-refractivity contribution in [2.24, 2.45) is 5.92 Å². The van der Waals surface area contributed by atoms with Gasteiger partial charge in [0, 0.05) is 6.42 Å². The van der Waals surface area contributed by atoms with Gasteiger partial charge in [0.1, 0.15) is 6.10 Å². The van der Waals surface area contributed by atoms with Crippen LogP contribution >= 0.6 is 0 Å². The van der Waals surface area contributed by atoms with Crippen LogP contribution in [0.4, 0.5) is 0 Å². The van der Waals surface area contributed by atoms with Crippen molar-refractivity contribution in [2.75, 3.05) is 13.2 Å². The summed E-state index contributed by atoms with van der Waals surface area (Å²) in [5, 5.41) is 0. The number of rotatable bonds is 3. The van der Waals surface area contributed by atoms with Crippen LogP contribution in [-0.2, 0) is 14.2 Å². The van der Waals surface area contributed by atoms with Gasteiger partial charge in [0.15, 0.2) is 0 Å². The summed E-state index contributed by atoms with van der Waals surface area (Å²) in [6, 6.07) is 0. The van der Waals surface area contributed by atoms with Gasteiger partial charge in [-0.05, 0) is 12.3 Å². The predicted octanol–water partition coefficient (Wildman–Crippen LogP) is 0.968. The first-order chi connectivity index (χ1) is 6.33. The summed E-state index contributed by atoms with van der Waals surface area (Å²) in [6.07, 6.45) is 3.86. The number of epoxide rings is 1. The fraction of sp³-hybridized carbons (Fsp3) is 1.00. The van der Waals surface area contributed by atoms with E-state index in [0.29, 0.717) is 24.4 Å². The average molecular weight is 184 g/mol. The van der Waals surface area contributed by atoms with E-state index in [1.165, 1.54) is 6.42 Å². The average Bonchev–Trinajstić information content (AvgIpc) is 2.77. The van der Waals surface area contributed by atoms with Crippen LogP contribution in [0.3, 0.4) is 0 Å².